The van der Waals surface area contributed by atoms with E-state index >= 15 is 0 Å². The Morgan fingerprint density at radius 1 is 1.26 bits per heavy atom. The fourth-order valence-electron chi connectivity index (χ4n) is 4.48. The summed E-state index contributed by atoms with van der Waals surface area (Å²) < 4.78 is 5.79. The minimum Gasteiger partial charge on any atom is -0.376 e. The van der Waals surface area contributed by atoms with Crippen LogP contribution in [0.25, 0.3) is 0 Å². The first kappa shape index (κ1) is 15.2. The molecule has 0 spiro atoms. The molecule has 4 fully saturated rings. The van der Waals surface area contributed by atoms with Crippen molar-refractivity contribution in [3.05, 3.63) is 0 Å². The number of hydrogen-bond donors (Lipinski definition) is 1. The molecule has 0 aromatic carbocycles. The Bertz CT molecular complexity index is 491. The van der Waals surface area contributed by atoms with Gasteiger partial charge in [0, 0.05) is 32.2 Å². The molecule has 0 aromatic rings. The SMILES string of the molecule is C[C@@H]1C[C@@H]1N1C[C@H](NC(=O)N2CCC[C@H]2[C@H]2CCCO2)CC1=O. The molecule has 0 unspecified atom stereocenters. The quantitative estimate of drug-likeness (QED) is 0.853. The molecule has 3 heterocycles. The fraction of sp³-hybridized carbons (Fsp3) is 0.882. The number of carbonyl (C=O) groups excluding carboxylic acids is 2. The number of urea groups is 1. The van der Waals surface area contributed by atoms with Gasteiger partial charge in [-0.3, -0.25) is 4.79 Å². The molecule has 3 aliphatic heterocycles. The van der Waals surface area contributed by atoms with Gasteiger partial charge in [0.05, 0.1) is 18.2 Å². The smallest absolute Gasteiger partial charge is 0.318 e. The lowest BCUT2D eigenvalue weighted by Gasteiger charge is -2.30. The van der Waals surface area contributed by atoms with E-state index in [-0.39, 0.29) is 30.1 Å². The highest BCUT2D eigenvalue weighted by molar-refractivity contribution is 5.82. The minimum absolute atomic E-state index is 0.00787. The van der Waals surface area contributed by atoms with E-state index in [0.717, 1.165) is 45.3 Å². The van der Waals surface area contributed by atoms with Crippen LogP contribution in [-0.4, -0.2) is 65.7 Å². The molecular formula is C17H27N3O3. The van der Waals surface area contributed by atoms with Crippen molar-refractivity contribution in [1.29, 1.82) is 0 Å². The van der Waals surface area contributed by atoms with Crippen LogP contribution in [0.2, 0.25) is 0 Å². The molecule has 128 valence electrons. The van der Waals surface area contributed by atoms with Gasteiger partial charge in [0.25, 0.3) is 0 Å². The number of nitrogens with one attached hydrogen (secondary N) is 1. The lowest BCUT2D eigenvalue weighted by molar-refractivity contribution is -0.128. The van der Waals surface area contributed by atoms with Crippen molar-refractivity contribution < 1.29 is 14.3 Å². The predicted molar refractivity (Wildman–Crippen MR) is 84.9 cm³/mol. The lowest BCUT2D eigenvalue weighted by Crippen LogP contribution is -2.50. The lowest BCUT2D eigenvalue weighted by atomic mass is 10.1. The third kappa shape index (κ3) is 2.93. The Kier molecular flexibility index (Phi) is 3.95. The largest absolute Gasteiger partial charge is 0.376 e. The summed E-state index contributed by atoms with van der Waals surface area (Å²) >= 11 is 0. The van der Waals surface area contributed by atoms with Gasteiger partial charge in [0.1, 0.15) is 0 Å². The Morgan fingerprint density at radius 3 is 2.78 bits per heavy atom. The van der Waals surface area contributed by atoms with Gasteiger partial charge < -0.3 is 19.9 Å². The highest BCUT2D eigenvalue weighted by atomic mass is 16.5. The Hall–Kier alpha value is -1.30. The predicted octanol–water partition coefficient (Wildman–Crippen LogP) is 1.35. The maximum Gasteiger partial charge on any atom is 0.318 e. The number of amides is 3. The van der Waals surface area contributed by atoms with Crippen molar-refractivity contribution in [2.24, 2.45) is 5.92 Å². The molecule has 3 saturated heterocycles. The zero-order valence-corrected chi connectivity index (χ0v) is 13.9. The number of likely N-dealkylation sites (tertiary alicyclic amines) is 2. The van der Waals surface area contributed by atoms with E-state index in [0.29, 0.717) is 24.9 Å². The Labute approximate surface area is 137 Å². The third-order valence-electron chi connectivity index (χ3n) is 5.91. The molecule has 4 aliphatic rings. The first-order valence-corrected chi connectivity index (χ1v) is 9.11. The van der Waals surface area contributed by atoms with Gasteiger partial charge in [0.15, 0.2) is 0 Å². The summed E-state index contributed by atoms with van der Waals surface area (Å²) in [7, 11) is 0. The molecule has 23 heavy (non-hydrogen) atoms. The summed E-state index contributed by atoms with van der Waals surface area (Å²) in [5, 5.41) is 3.10. The molecule has 4 rings (SSSR count). The van der Waals surface area contributed by atoms with Crippen molar-refractivity contribution in [2.45, 2.75) is 69.7 Å². The first-order valence-electron chi connectivity index (χ1n) is 9.11. The number of ether oxygens (including phenoxy) is 1. The summed E-state index contributed by atoms with van der Waals surface area (Å²) in [6.45, 7) is 4.49. The van der Waals surface area contributed by atoms with Crippen LogP contribution in [0.1, 0.15) is 45.4 Å². The summed E-state index contributed by atoms with van der Waals surface area (Å²) in [5.74, 6) is 0.817. The normalized spacial score (nSPS) is 40.0. The number of rotatable bonds is 3. The van der Waals surface area contributed by atoms with Crippen LogP contribution < -0.4 is 5.32 Å². The minimum atomic E-state index is -0.0338. The summed E-state index contributed by atoms with van der Waals surface area (Å²) in [6.07, 6.45) is 6.01. The second kappa shape index (κ2) is 5.96. The van der Waals surface area contributed by atoms with Gasteiger partial charge in [0.2, 0.25) is 5.91 Å². The van der Waals surface area contributed by atoms with Gasteiger partial charge in [-0.15, -0.1) is 0 Å². The van der Waals surface area contributed by atoms with Crippen LogP contribution in [0.3, 0.4) is 0 Å². The molecule has 1 saturated carbocycles. The maximum atomic E-state index is 12.7. The highest BCUT2D eigenvalue weighted by Crippen LogP contribution is 2.37. The standard InChI is InChI=1S/C17H27N3O3/c1-11-8-14(11)20-10-12(9-16(20)21)18-17(22)19-6-2-4-13(19)15-5-3-7-23-15/h11-15H,2-10H2,1H3,(H,18,22)/t11-,12-,13+,14+,15-/m1/s1. The van der Waals surface area contributed by atoms with Crippen LogP contribution in [-0.2, 0) is 9.53 Å². The number of hydrogen-bond acceptors (Lipinski definition) is 3. The number of nitrogens with zero attached hydrogens (tertiary/aromatic N) is 2. The fourth-order valence-corrected chi connectivity index (χ4v) is 4.48. The van der Waals surface area contributed by atoms with E-state index in [1.807, 2.05) is 9.80 Å². The zero-order valence-electron chi connectivity index (χ0n) is 13.9. The Balaban J connectivity index is 1.33. The van der Waals surface area contributed by atoms with Crippen molar-refractivity contribution in [1.82, 2.24) is 15.1 Å². The number of carbonyl (C=O) groups is 2. The van der Waals surface area contributed by atoms with Crippen LogP contribution in [0.4, 0.5) is 4.79 Å². The summed E-state index contributed by atoms with van der Waals surface area (Å²) in [4.78, 5) is 28.7. The van der Waals surface area contributed by atoms with Gasteiger partial charge in [-0.1, -0.05) is 6.92 Å². The van der Waals surface area contributed by atoms with Gasteiger partial charge in [-0.05, 0) is 38.0 Å². The van der Waals surface area contributed by atoms with Crippen molar-refractivity contribution in [3.8, 4) is 0 Å². The summed E-state index contributed by atoms with van der Waals surface area (Å²) in [5.41, 5.74) is 0. The van der Waals surface area contributed by atoms with Gasteiger partial charge in [-0.25, -0.2) is 4.79 Å². The average molecular weight is 321 g/mol. The van der Waals surface area contributed by atoms with Gasteiger partial charge >= 0.3 is 6.03 Å². The van der Waals surface area contributed by atoms with Crippen molar-refractivity contribution >= 4 is 11.9 Å². The monoisotopic (exact) mass is 321 g/mol. The Morgan fingerprint density at radius 2 is 2.09 bits per heavy atom. The van der Waals surface area contributed by atoms with Crippen molar-refractivity contribution in [2.75, 3.05) is 19.7 Å². The molecular weight excluding hydrogens is 294 g/mol. The maximum absolute atomic E-state index is 12.7. The van der Waals surface area contributed by atoms with E-state index in [4.69, 9.17) is 4.74 Å². The molecule has 1 N–H and O–H groups in total. The first-order chi connectivity index (χ1) is 11.1. The van der Waals surface area contributed by atoms with Crippen LogP contribution in [0, 0.1) is 5.92 Å². The molecule has 6 nitrogen and oxygen atoms in total. The zero-order chi connectivity index (χ0) is 16.0. The van der Waals surface area contributed by atoms with Crippen LogP contribution >= 0.6 is 0 Å². The molecule has 0 aromatic heterocycles. The molecule has 0 radical (unpaired) electrons. The van der Waals surface area contributed by atoms with E-state index < -0.39 is 0 Å². The average Bonchev–Trinajstić information content (AvgIpc) is 3.01. The molecule has 0 bridgehead atoms. The third-order valence-corrected chi connectivity index (χ3v) is 5.91. The summed E-state index contributed by atoms with van der Waals surface area (Å²) in [6, 6.07) is 0.588. The van der Waals surface area contributed by atoms with E-state index in [1.165, 1.54) is 0 Å². The molecule has 1 aliphatic carbocycles. The second-order valence-corrected chi connectivity index (χ2v) is 7.63. The molecule has 6 heteroatoms. The topological polar surface area (TPSA) is 61.9 Å². The van der Waals surface area contributed by atoms with E-state index in [1.54, 1.807) is 0 Å². The van der Waals surface area contributed by atoms with Crippen molar-refractivity contribution in [3.63, 3.8) is 0 Å². The van der Waals surface area contributed by atoms with Gasteiger partial charge in [-0.2, -0.15) is 0 Å². The molecule has 3 amide bonds. The van der Waals surface area contributed by atoms with E-state index in [9.17, 15) is 9.59 Å². The molecule has 5 atom stereocenters. The second-order valence-electron chi connectivity index (χ2n) is 7.63. The van der Waals surface area contributed by atoms with Crippen LogP contribution in [0.15, 0.2) is 0 Å². The highest BCUT2D eigenvalue weighted by Gasteiger charge is 2.45. The van der Waals surface area contributed by atoms with Crippen LogP contribution in [0.5, 0.6) is 0 Å². The van der Waals surface area contributed by atoms with E-state index in [2.05, 4.69) is 12.2 Å².